The Labute approximate surface area is 216 Å². The average molecular weight is 480 g/mol. The molecule has 0 radical (unpaired) electrons. The van der Waals surface area contributed by atoms with Crippen LogP contribution in [-0.4, -0.2) is 12.1 Å². The summed E-state index contributed by atoms with van der Waals surface area (Å²) in [5.41, 5.74) is 7.74. The fourth-order valence-corrected chi connectivity index (χ4v) is 3.46. The Bertz CT molecular complexity index is 864. The van der Waals surface area contributed by atoms with Gasteiger partial charge in [0, 0.05) is 0 Å². The standard InChI is InChI=1S/C32H49NO2/c1-25(2)13-9-15-27(5)17-11-19-29(7)21-22-32(34)35-31(24-33)23-30(8)20-12-18-28(6)16-10-14-26(3)4/h13-14,17-18,21,23,31H,9-12,15-16,19-20,22H2,1-8H3. The zero-order valence-electron chi connectivity index (χ0n) is 23.7. The van der Waals surface area contributed by atoms with E-state index >= 15 is 0 Å². The van der Waals surface area contributed by atoms with Crippen molar-refractivity contribution in [2.45, 2.75) is 119 Å². The van der Waals surface area contributed by atoms with E-state index in [-0.39, 0.29) is 12.4 Å². The number of esters is 1. The summed E-state index contributed by atoms with van der Waals surface area (Å²) in [5, 5.41) is 9.40. The van der Waals surface area contributed by atoms with Crippen molar-refractivity contribution in [2.24, 2.45) is 0 Å². The maximum atomic E-state index is 12.2. The second kappa shape index (κ2) is 19.7. The number of allylic oxidation sites excluding steroid dienone is 10. The third-order valence-electron chi connectivity index (χ3n) is 5.68. The van der Waals surface area contributed by atoms with E-state index in [1.807, 2.05) is 19.9 Å². The van der Waals surface area contributed by atoms with Crippen molar-refractivity contribution in [1.29, 1.82) is 5.26 Å². The summed E-state index contributed by atoms with van der Waals surface area (Å²) >= 11 is 0. The molecule has 0 aromatic rings. The molecule has 3 nitrogen and oxygen atoms in total. The summed E-state index contributed by atoms with van der Waals surface area (Å²) in [7, 11) is 0. The van der Waals surface area contributed by atoms with E-state index in [1.54, 1.807) is 6.08 Å². The highest BCUT2D eigenvalue weighted by molar-refractivity contribution is 5.72. The van der Waals surface area contributed by atoms with Gasteiger partial charge in [-0.05, 0) is 113 Å². The molecule has 35 heavy (non-hydrogen) atoms. The van der Waals surface area contributed by atoms with Crippen LogP contribution in [0.3, 0.4) is 0 Å². The molecular weight excluding hydrogens is 430 g/mol. The highest BCUT2D eigenvalue weighted by Crippen LogP contribution is 2.14. The summed E-state index contributed by atoms with van der Waals surface area (Å²) < 4.78 is 5.37. The number of carbonyl (C=O) groups is 1. The first-order chi connectivity index (χ1) is 16.5. The molecular formula is C32H49NO2. The number of hydrogen-bond acceptors (Lipinski definition) is 3. The molecule has 0 saturated carbocycles. The number of ether oxygens (including phenoxy) is 1. The molecule has 0 heterocycles. The maximum Gasteiger partial charge on any atom is 0.311 e. The van der Waals surface area contributed by atoms with Crippen LogP contribution in [0.5, 0.6) is 0 Å². The molecule has 0 aliphatic heterocycles. The second-order valence-electron chi connectivity index (χ2n) is 10.1. The lowest BCUT2D eigenvalue weighted by atomic mass is 10.1. The second-order valence-corrected chi connectivity index (χ2v) is 10.1. The van der Waals surface area contributed by atoms with Gasteiger partial charge < -0.3 is 4.74 Å². The summed E-state index contributed by atoms with van der Waals surface area (Å²) in [5.74, 6) is -0.358. The first kappa shape index (κ1) is 32.4. The topological polar surface area (TPSA) is 50.1 Å². The number of nitrogens with zero attached hydrogens (tertiary/aromatic N) is 1. The Kier molecular flexibility index (Phi) is 18.2. The average Bonchev–Trinajstić information content (AvgIpc) is 2.76. The van der Waals surface area contributed by atoms with E-state index in [0.29, 0.717) is 0 Å². The SMILES string of the molecule is CC(C)=CCCC(C)=CCCC(C)=CCC(=O)OC(C#N)C=C(C)CCC=C(C)CCC=C(C)C. The molecule has 0 fully saturated rings. The predicted octanol–water partition coefficient (Wildman–Crippen LogP) is 9.65. The molecule has 3 heteroatoms. The highest BCUT2D eigenvalue weighted by atomic mass is 16.5. The van der Waals surface area contributed by atoms with Crippen LogP contribution in [0.15, 0.2) is 69.9 Å². The Morgan fingerprint density at radius 1 is 0.657 bits per heavy atom. The summed E-state index contributed by atoms with van der Waals surface area (Å²) in [6.45, 7) is 16.9. The predicted molar refractivity (Wildman–Crippen MR) is 151 cm³/mol. The van der Waals surface area contributed by atoms with Crippen molar-refractivity contribution in [2.75, 3.05) is 0 Å². The van der Waals surface area contributed by atoms with E-state index in [9.17, 15) is 10.1 Å². The number of nitriles is 1. The summed E-state index contributed by atoms with van der Waals surface area (Å²) in [4.78, 5) is 12.2. The van der Waals surface area contributed by atoms with Crippen LogP contribution in [-0.2, 0) is 9.53 Å². The third kappa shape index (κ3) is 20.5. The van der Waals surface area contributed by atoms with Gasteiger partial charge in [0.25, 0.3) is 0 Å². The van der Waals surface area contributed by atoms with Crippen molar-refractivity contribution in [1.82, 2.24) is 0 Å². The zero-order chi connectivity index (χ0) is 26.6. The molecule has 1 atom stereocenters. The minimum atomic E-state index is -0.828. The van der Waals surface area contributed by atoms with Crippen LogP contribution in [0.1, 0.15) is 113 Å². The first-order valence-corrected chi connectivity index (χ1v) is 13.0. The van der Waals surface area contributed by atoms with Crippen molar-refractivity contribution < 1.29 is 9.53 Å². The molecule has 0 aliphatic carbocycles. The van der Waals surface area contributed by atoms with Gasteiger partial charge in [-0.25, -0.2) is 0 Å². The van der Waals surface area contributed by atoms with Gasteiger partial charge in [-0.15, -0.1) is 0 Å². The number of hydrogen-bond donors (Lipinski definition) is 0. The molecule has 0 saturated heterocycles. The van der Waals surface area contributed by atoms with Gasteiger partial charge >= 0.3 is 5.97 Å². The van der Waals surface area contributed by atoms with Gasteiger partial charge in [0.1, 0.15) is 6.07 Å². The van der Waals surface area contributed by atoms with Crippen molar-refractivity contribution in [3.63, 3.8) is 0 Å². The van der Waals surface area contributed by atoms with Crippen LogP contribution in [0.4, 0.5) is 0 Å². The van der Waals surface area contributed by atoms with Crippen molar-refractivity contribution in [3.8, 4) is 6.07 Å². The fourth-order valence-electron chi connectivity index (χ4n) is 3.46. The van der Waals surface area contributed by atoms with Crippen LogP contribution in [0.2, 0.25) is 0 Å². The lowest BCUT2D eigenvalue weighted by Crippen LogP contribution is -2.14. The largest absolute Gasteiger partial charge is 0.442 e. The monoisotopic (exact) mass is 479 g/mol. The number of rotatable bonds is 16. The lowest BCUT2D eigenvalue weighted by Gasteiger charge is -2.08. The Morgan fingerprint density at radius 2 is 1.06 bits per heavy atom. The molecule has 0 spiro atoms. The number of carbonyl (C=O) groups excluding carboxylic acids is 1. The Balaban J connectivity index is 4.47. The molecule has 194 valence electrons. The van der Waals surface area contributed by atoms with Crippen molar-refractivity contribution >= 4 is 5.97 Å². The van der Waals surface area contributed by atoms with E-state index in [2.05, 4.69) is 71.9 Å². The van der Waals surface area contributed by atoms with Gasteiger partial charge in [0.15, 0.2) is 0 Å². The van der Waals surface area contributed by atoms with E-state index in [1.165, 1.54) is 27.9 Å². The summed E-state index contributed by atoms with van der Waals surface area (Å²) in [6.07, 6.45) is 20.2. The molecule has 0 aromatic heterocycles. The molecule has 0 aromatic carbocycles. The molecule has 0 bridgehead atoms. The Hall–Kier alpha value is -2.60. The highest BCUT2D eigenvalue weighted by Gasteiger charge is 2.10. The lowest BCUT2D eigenvalue weighted by molar-refractivity contribution is -0.143. The normalized spacial score (nSPS) is 13.7. The van der Waals surface area contributed by atoms with Crippen molar-refractivity contribution in [3.05, 3.63) is 69.9 Å². The van der Waals surface area contributed by atoms with Gasteiger partial charge in [-0.3, -0.25) is 4.79 Å². The molecule has 1 unspecified atom stereocenters. The Morgan fingerprint density at radius 3 is 1.49 bits per heavy atom. The maximum absolute atomic E-state index is 12.2. The quantitative estimate of drug-likeness (QED) is 0.163. The van der Waals surface area contributed by atoms with Gasteiger partial charge in [0.2, 0.25) is 6.10 Å². The van der Waals surface area contributed by atoms with Gasteiger partial charge in [-0.2, -0.15) is 5.26 Å². The molecule has 0 aliphatic rings. The van der Waals surface area contributed by atoms with E-state index in [0.717, 1.165) is 56.9 Å². The zero-order valence-corrected chi connectivity index (χ0v) is 23.7. The molecule has 0 amide bonds. The van der Waals surface area contributed by atoms with Crippen LogP contribution >= 0.6 is 0 Å². The fraction of sp³-hybridized carbons (Fsp3) is 0.562. The summed E-state index contributed by atoms with van der Waals surface area (Å²) in [6, 6.07) is 2.09. The minimum Gasteiger partial charge on any atom is -0.442 e. The molecule has 0 N–H and O–H groups in total. The van der Waals surface area contributed by atoms with E-state index < -0.39 is 6.10 Å². The van der Waals surface area contributed by atoms with E-state index in [4.69, 9.17) is 4.74 Å². The van der Waals surface area contributed by atoms with Crippen LogP contribution in [0, 0.1) is 11.3 Å². The van der Waals surface area contributed by atoms with Gasteiger partial charge in [0.05, 0.1) is 6.42 Å². The smallest absolute Gasteiger partial charge is 0.311 e. The van der Waals surface area contributed by atoms with Crippen LogP contribution in [0.25, 0.3) is 0 Å². The molecule has 0 rings (SSSR count). The third-order valence-corrected chi connectivity index (χ3v) is 5.68. The van der Waals surface area contributed by atoms with Gasteiger partial charge in [-0.1, -0.05) is 63.8 Å². The van der Waals surface area contributed by atoms with Crippen LogP contribution < -0.4 is 0 Å². The minimum absolute atomic E-state index is 0.202. The first-order valence-electron chi connectivity index (χ1n) is 13.0.